The maximum atomic E-state index is 11.6. The Morgan fingerprint density at radius 2 is 1.94 bits per heavy atom. The van der Waals surface area contributed by atoms with Gasteiger partial charge in [0.05, 0.1) is 0 Å². The zero-order chi connectivity index (χ0) is 14.1. The summed E-state index contributed by atoms with van der Waals surface area (Å²) in [5.41, 5.74) is 0. The standard InChI is InChI=1S/C11H21N3O4/c1-4-5-6-8(10(16)17)13-11(18)14(3)7-9(15)12-2/h8H,4-7H2,1-3H3,(H,12,15)(H,13,18)(H,16,17)/t8-/m0/s1. The van der Waals surface area contributed by atoms with Crippen LogP contribution in [0.1, 0.15) is 26.2 Å². The summed E-state index contributed by atoms with van der Waals surface area (Å²) in [5, 5.41) is 13.7. The predicted molar refractivity (Wildman–Crippen MR) is 66.2 cm³/mol. The number of urea groups is 1. The first-order valence-corrected chi connectivity index (χ1v) is 5.87. The van der Waals surface area contributed by atoms with Gasteiger partial charge in [0.1, 0.15) is 12.6 Å². The topological polar surface area (TPSA) is 98.7 Å². The van der Waals surface area contributed by atoms with Crippen LogP contribution in [0.15, 0.2) is 0 Å². The van der Waals surface area contributed by atoms with E-state index in [0.29, 0.717) is 6.42 Å². The van der Waals surface area contributed by atoms with E-state index in [-0.39, 0.29) is 12.5 Å². The molecule has 3 N–H and O–H groups in total. The quantitative estimate of drug-likeness (QED) is 0.600. The smallest absolute Gasteiger partial charge is 0.326 e. The van der Waals surface area contributed by atoms with Crippen LogP contribution in [0.4, 0.5) is 4.79 Å². The van der Waals surface area contributed by atoms with E-state index in [4.69, 9.17) is 5.11 Å². The molecule has 0 aliphatic carbocycles. The summed E-state index contributed by atoms with van der Waals surface area (Å²) >= 11 is 0. The van der Waals surface area contributed by atoms with Crippen molar-refractivity contribution in [2.45, 2.75) is 32.2 Å². The lowest BCUT2D eigenvalue weighted by Gasteiger charge is -2.20. The van der Waals surface area contributed by atoms with E-state index in [1.54, 1.807) is 0 Å². The number of likely N-dealkylation sites (N-methyl/N-ethyl adjacent to an activating group) is 2. The third-order valence-electron chi connectivity index (χ3n) is 2.45. The number of hydrogen-bond acceptors (Lipinski definition) is 3. The van der Waals surface area contributed by atoms with E-state index in [1.807, 2.05) is 6.92 Å². The molecule has 0 radical (unpaired) electrons. The van der Waals surface area contributed by atoms with Crippen molar-refractivity contribution < 1.29 is 19.5 Å². The lowest BCUT2D eigenvalue weighted by atomic mass is 10.1. The Morgan fingerprint density at radius 1 is 1.33 bits per heavy atom. The molecule has 0 aliphatic rings. The lowest BCUT2D eigenvalue weighted by molar-refractivity contribution is -0.139. The number of nitrogens with zero attached hydrogens (tertiary/aromatic N) is 1. The number of carboxylic acids is 1. The summed E-state index contributed by atoms with van der Waals surface area (Å²) in [7, 11) is 2.90. The highest BCUT2D eigenvalue weighted by molar-refractivity contribution is 5.86. The lowest BCUT2D eigenvalue weighted by Crippen LogP contribution is -2.48. The molecule has 0 fully saturated rings. The summed E-state index contributed by atoms with van der Waals surface area (Å²) in [6.45, 7) is 1.83. The SMILES string of the molecule is CCCC[C@H](NC(=O)N(C)CC(=O)NC)C(=O)O. The molecule has 0 saturated heterocycles. The highest BCUT2D eigenvalue weighted by Crippen LogP contribution is 2.01. The number of hydrogen-bond donors (Lipinski definition) is 3. The van der Waals surface area contributed by atoms with Gasteiger partial charge in [-0.15, -0.1) is 0 Å². The first-order chi connectivity index (χ1) is 8.42. The molecule has 7 nitrogen and oxygen atoms in total. The molecule has 3 amide bonds. The summed E-state index contributed by atoms with van der Waals surface area (Å²) in [5.74, 6) is -1.38. The van der Waals surface area contributed by atoms with Crippen molar-refractivity contribution >= 4 is 17.9 Å². The molecular formula is C11H21N3O4. The Bertz CT molecular complexity index is 307. The van der Waals surface area contributed by atoms with Gasteiger partial charge in [0.15, 0.2) is 0 Å². The number of aliphatic carboxylic acids is 1. The van der Waals surface area contributed by atoms with Crippen molar-refractivity contribution in [1.29, 1.82) is 0 Å². The average molecular weight is 259 g/mol. The van der Waals surface area contributed by atoms with Crippen LogP contribution in [0.5, 0.6) is 0 Å². The van der Waals surface area contributed by atoms with Gasteiger partial charge < -0.3 is 20.6 Å². The van der Waals surface area contributed by atoms with Crippen LogP contribution in [0.2, 0.25) is 0 Å². The maximum absolute atomic E-state index is 11.6. The second kappa shape index (κ2) is 8.32. The second-order valence-electron chi connectivity index (χ2n) is 4.01. The largest absolute Gasteiger partial charge is 0.480 e. The van der Waals surface area contributed by atoms with Crippen molar-refractivity contribution in [1.82, 2.24) is 15.5 Å². The Labute approximate surface area is 107 Å². The van der Waals surface area contributed by atoms with Gasteiger partial charge in [0.25, 0.3) is 0 Å². The first kappa shape index (κ1) is 16.2. The predicted octanol–water partition coefficient (Wildman–Crippen LogP) is 0.0172. The second-order valence-corrected chi connectivity index (χ2v) is 4.01. The Morgan fingerprint density at radius 3 is 2.39 bits per heavy atom. The summed E-state index contributed by atoms with van der Waals surface area (Å²) < 4.78 is 0. The molecular weight excluding hydrogens is 238 g/mol. The molecule has 0 aromatic heterocycles. The first-order valence-electron chi connectivity index (χ1n) is 5.87. The third-order valence-corrected chi connectivity index (χ3v) is 2.45. The highest BCUT2D eigenvalue weighted by atomic mass is 16.4. The van der Waals surface area contributed by atoms with Gasteiger partial charge in [-0.2, -0.15) is 0 Å². The highest BCUT2D eigenvalue weighted by Gasteiger charge is 2.21. The minimum atomic E-state index is -1.06. The van der Waals surface area contributed by atoms with Crippen molar-refractivity contribution in [2.24, 2.45) is 0 Å². The zero-order valence-electron chi connectivity index (χ0n) is 11.0. The van der Waals surface area contributed by atoms with Gasteiger partial charge in [-0.25, -0.2) is 9.59 Å². The number of amides is 3. The van der Waals surface area contributed by atoms with Crippen molar-refractivity contribution in [2.75, 3.05) is 20.6 Å². The van der Waals surface area contributed by atoms with Gasteiger partial charge in [0, 0.05) is 14.1 Å². The summed E-state index contributed by atoms with van der Waals surface area (Å²) in [6.07, 6.45) is 1.95. The third kappa shape index (κ3) is 6.07. The van der Waals surface area contributed by atoms with E-state index < -0.39 is 18.0 Å². The summed E-state index contributed by atoms with van der Waals surface area (Å²) in [4.78, 5) is 34.8. The van der Waals surface area contributed by atoms with Crippen LogP contribution in [0, 0.1) is 0 Å². The number of nitrogens with one attached hydrogen (secondary N) is 2. The van der Waals surface area contributed by atoms with Crippen molar-refractivity contribution in [3.8, 4) is 0 Å². The van der Waals surface area contributed by atoms with Gasteiger partial charge in [-0.1, -0.05) is 19.8 Å². The van der Waals surface area contributed by atoms with Crippen LogP contribution < -0.4 is 10.6 Å². The number of carbonyl (C=O) groups is 3. The van der Waals surface area contributed by atoms with E-state index >= 15 is 0 Å². The molecule has 0 bridgehead atoms. The Balaban J connectivity index is 4.31. The molecule has 0 aromatic carbocycles. The molecule has 0 unspecified atom stereocenters. The average Bonchev–Trinajstić information content (AvgIpc) is 2.33. The van der Waals surface area contributed by atoms with E-state index in [0.717, 1.165) is 17.7 Å². The molecule has 1 atom stereocenters. The number of carboxylic acid groups (broad SMARTS) is 1. The number of rotatable bonds is 7. The van der Waals surface area contributed by atoms with Crippen LogP contribution in [-0.2, 0) is 9.59 Å². The molecule has 0 aromatic rings. The molecule has 0 aliphatic heterocycles. The number of unbranched alkanes of at least 4 members (excludes halogenated alkanes) is 1. The Hall–Kier alpha value is -1.79. The van der Waals surface area contributed by atoms with Crippen LogP contribution in [0.25, 0.3) is 0 Å². The fourth-order valence-corrected chi connectivity index (χ4v) is 1.29. The van der Waals surface area contributed by atoms with Crippen LogP contribution in [-0.4, -0.2) is 54.6 Å². The molecule has 0 rings (SSSR count). The van der Waals surface area contributed by atoms with Gasteiger partial charge in [-0.3, -0.25) is 4.79 Å². The van der Waals surface area contributed by atoms with E-state index in [9.17, 15) is 14.4 Å². The fraction of sp³-hybridized carbons (Fsp3) is 0.727. The Kier molecular flexibility index (Phi) is 7.50. The zero-order valence-corrected chi connectivity index (χ0v) is 11.0. The monoisotopic (exact) mass is 259 g/mol. The molecule has 18 heavy (non-hydrogen) atoms. The molecule has 7 heteroatoms. The van der Waals surface area contributed by atoms with Gasteiger partial charge >= 0.3 is 12.0 Å². The fourth-order valence-electron chi connectivity index (χ4n) is 1.29. The molecule has 0 saturated carbocycles. The molecule has 104 valence electrons. The van der Waals surface area contributed by atoms with Gasteiger partial charge in [0.2, 0.25) is 5.91 Å². The van der Waals surface area contributed by atoms with E-state index in [1.165, 1.54) is 14.1 Å². The minimum absolute atomic E-state index is 0.109. The molecule has 0 heterocycles. The minimum Gasteiger partial charge on any atom is -0.480 e. The summed E-state index contributed by atoms with van der Waals surface area (Å²) in [6, 6.07) is -1.48. The van der Waals surface area contributed by atoms with Crippen molar-refractivity contribution in [3.63, 3.8) is 0 Å². The number of carbonyl (C=O) groups excluding carboxylic acids is 2. The normalized spacial score (nSPS) is 11.5. The molecule has 0 spiro atoms. The van der Waals surface area contributed by atoms with Crippen LogP contribution >= 0.6 is 0 Å². The van der Waals surface area contributed by atoms with E-state index in [2.05, 4.69) is 10.6 Å². The van der Waals surface area contributed by atoms with Crippen molar-refractivity contribution in [3.05, 3.63) is 0 Å². The van der Waals surface area contributed by atoms with Crippen LogP contribution in [0.3, 0.4) is 0 Å². The van der Waals surface area contributed by atoms with Gasteiger partial charge in [-0.05, 0) is 6.42 Å². The maximum Gasteiger partial charge on any atom is 0.326 e.